The van der Waals surface area contributed by atoms with E-state index in [0.29, 0.717) is 12.1 Å². The van der Waals surface area contributed by atoms with E-state index < -0.39 is 39.5 Å². The van der Waals surface area contributed by atoms with Crippen molar-refractivity contribution >= 4 is 11.5 Å². The molecule has 0 unspecified atom stereocenters. The first-order valence-corrected chi connectivity index (χ1v) is 4.21. The van der Waals surface area contributed by atoms with Gasteiger partial charge in [-0.1, -0.05) is 0 Å². The summed E-state index contributed by atoms with van der Waals surface area (Å²) in [7, 11) is 0. The first-order chi connectivity index (χ1) is 7.66. The standard InChI is InChI=1S/C9H5F4NO3/c1-4(15)5-2-3-6(10)7(9(11,12)13)8(5)14(16)17/h2-3H,1H3. The first kappa shape index (κ1) is 13.1. The van der Waals surface area contributed by atoms with Gasteiger partial charge in [-0.05, 0) is 19.1 Å². The van der Waals surface area contributed by atoms with Gasteiger partial charge in [0.05, 0.1) is 10.5 Å². The van der Waals surface area contributed by atoms with E-state index in [-0.39, 0.29) is 0 Å². The van der Waals surface area contributed by atoms with Gasteiger partial charge in [-0.15, -0.1) is 0 Å². The molecule has 0 aliphatic heterocycles. The number of benzene rings is 1. The summed E-state index contributed by atoms with van der Waals surface area (Å²) in [4.78, 5) is 20.1. The molecule has 0 fully saturated rings. The van der Waals surface area contributed by atoms with Crippen LogP contribution in [0.3, 0.4) is 0 Å². The van der Waals surface area contributed by atoms with Crippen LogP contribution in [0.1, 0.15) is 22.8 Å². The number of hydrogen-bond acceptors (Lipinski definition) is 3. The molecular formula is C9H5F4NO3. The zero-order valence-electron chi connectivity index (χ0n) is 8.34. The number of nitro benzene ring substituents is 1. The Morgan fingerprint density at radius 3 is 2.24 bits per heavy atom. The maximum absolute atomic E-state index is 13.0. The van der Waals surface area contributed by atoms with Gasteiger partial charge in [0.25, 0.3) is 5.69 Å². The molecule has 17 heavy (non-hydrogen) atoms. The number of carbonyl (C=O) groups excluding carboxylic acids is 1. The summed E-state index contributed by atoms with van der Waals surface area (Å²) < 4.78 is 50.4. The second-order valence-electron chi connectivity index (χ2n) is 3.13. The van der Waals surface area contributed by atoms with Crippen LogP contribution in [-0.4, -0.2) is 10.7 Å². The fourth-order valence-corrected chi connectivity index (χ4v) is 1.31. The number of halogens is 4. The summed E-state index contributed by atoms with van der Waals surface area (Å²) in [6.07, 6.45) is -5.24. The molecule has 1 aromatic carbocycles. The zero-order chi connectivity index (χ0) is 13.4. The van der Waals surface area contributed by atoms with Crippen molar-refractivity contribution in [2.45, 2.75) is 13.1 Å². The summed E-state index contributed by atoms with van der Waals surface area (Å²) in [5.41, 5.74) is -4.36. The van der Waals surface area contributed by atoms with E-state index in [1.54, 1.807) is 0 Å². The molecule has 1 aromatic rings. The molecule has 0 aliphatic carbocycles. The molecule has 0 bridgehead atoms. The number of nitro groups is 1. The summed E-state index contributed by atoms with van der Waals surface area (Å²) in [5, 5.41) is 10.5. The monoisotopic (exact) mass is 251 g/mol. The molecule has 4 nitrogen and oxygen atoms in total. The summed E-state index contributed by atoms with van der Waals surface area (Å²) in [6.45, 7) is 0.862. The van der Waals surface area contributed by atoms with Crippen LogP contribution in [0.15, 0.2) is 12.1 Å². The average molecular weight is 251 g/mol. The number of rotatable bonds is 2. The van der Waals surface area contributed by atoms with Crippen molar-refractivity contribution in [2.75, 3.05) is 0 Å². The normalized spacial score (nSPS) is 11.4. The molecule has 92 valence electrons. The Morgan fingerprint density at radius 2 is 1.88 bits per heavy atom. The van der Waals surface area contributed by atoms with Crippen LogP contribution in [0.25, 0.3) is 0 Å². The maximum Gasteiger partial charge on any atom is 0.425 e. The third-order valence-electron chi connectivity index (χ3n) is 1.97. The van der Waals surface area contributed by atoms with Crippen molar-refractivity contribution in [2.24, 2.45) is 0 Å². The average Bonchev–Trinajstić information content (AvgIpc) is 2.14. The molecule has 0 N–H and O–H groups in total. The van der Waals surface area contributed by atoms with Gasteiger partial charge in [0.2, 0.25) is 0 Å². The predicted molar refractivity (Wildman–Crippen MR) is 48.1 cm³/mol. The van der Waals surface area contributed by atoms with Gasteiger partial charge in [0.1, 0.15) is 5.82 Å². The van der Waals surface area contributed by atoms with Gasteiger partial charge in [0.15, 0.2) is 11.3 Å². The molecule has 0 amide bonds. The number of alkyl halides is 3. The topological polar surface area (TPSA) is 60.2 Å². The molecule has 0 spiro atoms. The number of hydrogen-bond donors (Lipinski definition) is 0. The van der Waals surface area contributed by atoms with Gasteiger partial charge in [-0.2, -0.15) is 13.2 Å². The highest BCUT2D eigenvalue weighted by Gasteiger charge is 2.43. The molecule has 0 radical (unpaired) electrons. The first-order valence-electron chi connectivity index (χ1n) is 4.21. The second kappa shape index (κ2) is 4.11. The minimum Gasteiger partial charge on any atom is -0.294 e. The fourth-order valence-electron chi connectivity index (χ4n) is 1.31. The van der Waals surface area contributed by atoms with Crippen LogP contribution in [-0.2, 0) is 6.18 Å². The van der Waals surface area contributed by atoms with E-state index in [9.17, 15) is 32.5 Å². The van der Waals surface area contributed by atoms with Crippen molar-refractivity contribution in [3.8, 4) is 0 Å². The van der Waals surface area contributed by atoms with Crippen LogP contribution in [0.4, 0.5) is 23.2 Å². The SMILES string of the molecule is CC(=O)c1ccc(F)c(C(F)(F)F)c1[N+](=O)[O-]. The summed E-state index contributed by atoms with van der Waals surface area (Å²) >= 11 is 0. The quantitative estimate of drug-likeness (QED) is 0.351. The minimum atomic E-state index is -5.24. The highest BCUT2D eigenvalue weighted by atomic mass is 19.4. The fraction of sp³-hybridized carbons (Fsp3) is 0.222. The van der Waals surface area contributed by atoms with Crippen LogP contribution >= 0.6 is 0 Å². The van der Waals surface area contributed by atoms with E-state index >= 15 is 0 Å². The van der Waals surface area contributed by atoms with Crippen molar-refractivity contribution in [3.05, 3.63) is 39.2 Å². The molecule has 0 atom stereocenters. The van der Waals surface area contributed by atoms with Gasteiger partial charge in [-0.25, -0.2) is 4.39 Å². The molecule has 8 heteroatoms. The van der Waals surface area contributed by atoms with Gasteiger partial charge < -0.3 is 0 Å². The van der Waals surface area contributed by atoms with E-state index in [2.05, 4.69) is 0 Å². The second-order valence-corrected chi connectivity index (χ2v) is 3.13. The van der Waals surface area contributed by atoms with E-state index in [1.165, 1.54) is 0 Å². The largest absolute Gasteiger partial charge is 0.425 e. The molecule has 0 heterocycles. The Morgan fingerprint density at radius 1 is 1.35 bits per heavy atom. The smallest absolute Gasteiger partial charge is 0.294 e. The Labute approximate surface area is 92.0 Å². The minimum absolute atomic E-state index is 0.382. The molecule has 0 aromatic heterocycles. The predicted octanol–water partition coefficient (Wildman–Crippen LogP) is 2.96. The lowest BCUT2D eigenvalue weighted by molar-refractivity contribution is -0.388. The van der Waals surface area contributed by atoms with Crippen LogP contribution in [0.2, 0.25) is 0 Å². The van der Waals surface area contributed by atoms with Gasteiger partial charge >= 0.3 is 6.18 Å². The van der Waals surface area contributed by atoms with Crippen LogP contribution in [0, 0.1) is 15.9 Å². The Hall–Kier alpha value is -1.99. The van der Waals surface area contributed by atoms with Crippen LogP contribution in [0.5, 0.6) is 0 Å². The number of Topliss-reactive ketones (excluding diaryl/α,β-unsaturated/α-hetero) is 1. The lowest BCUT2D eigenvalue weighted by Crippen LogP contribution is -2.14. The van der Waals surface area contributed by atoms with Gasteiger partial charge in [-0.3, -0.25) is 14.9 Å². The van der Waals surface area contributed by atoms with E-state index in [0.717, 1.165) is 6.92 Å². The molecule has 0 aliphatic rings. The van der Waals surface area contributed by atoms with Gasteiger partial charge in [0, 0.05) is 0 Å². The summed E-state index contributed by atoms with van der Waals surface area (Å²) in [5.74, 6) is -2.73. The molecule has 0 saturated heterocycles. The third-order valence-corrected chi connectivity index (χ3v) is 1.97. The van der Waals surface area contributed by atoms with Crippen molar-refractivity contribution in [3.63, 3.8) is 0 Å². The molecule has 0 saturated carbocycles. The lowest BCUT2D eigenvalue weighted by atomic mass is 10.0. The number of nitrogens with zero attached hydrogens (tertiary/aromatic N) is 1. The zero-order valence-corrected chi connectivity index (χ0v) is 8.34. The Balaban J connectivity index is 3.73. The molecule has 1 rings (SSSR count). The van der Waals surface area contributed by atoms with Crippen molar-refractivity contribution in [1.82, 2.24) is 0 Å². The number of ketones is 1. The summed E-state index contributed by atoms with van der Waals surface area (Å²) in [6, 6.07) is 1.04. The Kier molecular flexibility index (Phi) is 3.16. The highest BCUT2D eigenvalue weighted by molar-refractivity contribution is 5.98. The third kappa shape index (κ3) is 2.40. The lowest BCUT2D eigenvalue weighted by Gasteiger charge is -2.10. The molecular weight excluding hydrogens is 246 g/mol. The van der Waals surface area contributed by atoms with Crippen molar-refractivity contribution in [1.29, 1.82) is 0 Å². The highest BCUT2D eigenvalue weighted by Crippen LogP contribution is 2.39. The van der Waals surface area contributed by atoms with E-state index in [4.69, 9.17) is 0 Å². The Bertz CT molecular complexity index is 496. The maximum atomic E-state index is 13.0. The number of carbonyl (C=O) groups is 1. The van der Waals surface area contributed by atoms with Crippen molar-refractivity contribution < 1.29 is 27.3 Å². The van der Waals surface area contributed by atoms with E-state index in [1.807, 2.05) is 0 Å². The van der Waals surface area contributed by atoms with Crippen LogP contribution < -0.4 is 0 Å².